The van der Waals surface area contributed by atoms with Crippen LogP contribution in [0.5, 0.6) is 0 Å². The summed E-state index contributed by atoms with van der Waals surface area (Å²) < 4.78 is 5.72. The average molecular weight is 537 g/mol. The van der Waals surface area contributed by atoms with Gasteiger partial charge in [0.05, 0.1) is 25.4 Å². The van der Waals surface area contributed by atoms with Crippen molar-refractivity contribution in [3.63, 3.8) is 0 Å². The van der Waals surface area contributed by atoms with E-state index in [9.17, 15) is 14.7 Å². The van der Waals surface area contributed by atoms with Gasteiger partial charge < -0.3 is 30.7 Å². The highest BCUT2D eigenvalue weighted by Crippen LogP contribution is 2.27. The highest BCUT2D eigenvalue weighted by Gasteiger charge is 2.27. The third-order valence-corrected chi connectivity index (χ3v) is 6.63. The van der Waals surface area contributed by atoms with E-state index in [1.165, 1.54) is 0 Å². The van der Waals surface area contributed by atoms with Gasteiger partial charge in [0.25, 0.3) is 5.91 Å². The number of carbonyl (C=O) groups excluding carboxylic acids is 2. The molecule has 1 heterocycles. The molecule has 0 aliphatic carbocycles. The number of benzene rings is 2. The number of hydrogen-bond donors (Lipinski definition) is 4. The predicted molar refractivity (Wildman–Crippen MR) is 157 cm³/mol. The van der Waals surface area contributed by atoms with Crippen LogP contribution in [0.2, 0.25) is 0 Å². The van der Waals surface area contributed by atoms with Gasteiger partial charge in [0.15, 0.2) is 0 Å². The number of amides is 2. The first kappa shape index (κ1) is 30.3. The van der Waals surface area contributed by atoms with Crippen molar-refractivity contribution in [3.05, 3.63) is 71.8 Å². The summed E-state index contributed by atoms with van der Waals surface area (Å²) >= 11 is 0. The molecular formula is C31H44N4O4. The van der Waals surface area contributed by atoms with Crippen LogP contribution in [0, 0.1) is 0 Å². The van der Waals surface area contributed by atoms with Crippen molar-refractivity contribution in [1.82, 2.24) is 10.6 Å². The summed E-state index contributed by atoms with van der Waals surface area (Å²) in [4.78, 5) is 27.7. The minimum Gasteiger partial charge on any atom is -0.390 e. The van der Waals surface area contributed by atoms with Crippen LogP contribution in [0.3, 0.4) is 0 Å². The molecule has 2 aromatic rings. The number of anilines is 2. The first-order chi connectivity index (χ1) is 18.6. The smallest absolute Gasteiger partial charge is 0.251 e. The number of carbonyl (C=O) groups is 2. The summed E-state index contributed by atoms with van der Waals surface area (Å²) in [5.74, 6) is -0.236. The maximum Gasteiger partial charge on any atom is 0.251 e. The van der Waals surface area contributed by atoms with Gasteiger partial charge in [-0.2, -0.15) is 0 Å². The van der Waals surface area contributed by atoms with E-state index in [2.05, 4.69) is 22.5 Å². The predicted octanol–water partition coefficient (Wildman–Crippen LogP) is 3.91. The summed E-state index contributed by atoms with van der Waals surface area (Å²) in [6, 6.07) is 14.7. The van der Waals surface area contributed by atoms with E-state index in [-0.39, 0.29) is 23.9 Å². The lowest BCUT2D eigenvalue weighted by molar-refractivity contribution is -0.117. The standard InChI is InChI=1S/C31H44N4O4/c1-6-32-25-16-24(17-26(18-25)35-14-10-13-29(35)37)30(38)34-27(15-23-11-8-7-9-12-23)28(36)19-33-31(4,5)21-39-20-22(2)3/h7-9,11-12,16-18,27-28,32-33,36H,2,6,10,13-15,19-21H2,1,3-5H3,(H,34,38)/t27-,28-/m0/s1. The lowest BCUT2D eigenvalue weighted by Crippen LogP contribution is -2.53. The lowest BCUT2D eigenvalue weighted by atomic mass is 9.99. The van der Waals surface area contributed by atoms with Crippen LogP contribution in [-0.4, -0.2) is 67.5 Å². The normalized spacial score (nSPS) is 15.2. The summed E-state index contributed by atoms with van der Waals surface area (Å²) in [5, 5.41) is 21.0. The van der Waals surface area contributed by atoms with Gasteiger partial charge in [-0.15, -0.1) is 0 Å². The van der Waals surface area contributed by atoms with E-state index >= 15 is 0 Å². The van der Waals surface area contributed by atoms with E-state index < -0.39 is 12.1 Å². The number of aliphatic hydroxyl groups excluding tert-OH is 1. The Morgan fingerprint density at radius 3 is 2.59 bits per heavy atom. The minimum absolute atomic E-state index is 0.0632. The van der Waals surface area contributed by atoms with Gasteiger partial charge in [-0.3, -0.25) is 9.59 Å². The molecule has 0 radical (unpaired) electrons. The Balaban J connectivity index is 1.77. The number of nitrogens with zero attached hydrogens (tertiary/aromatic N) is 1. The molecule has 0 bridgehead atoms. The number of ether oxygens (including phenoxy) is 1. The number of nitrogens with one attached hydrogen (secondary N) is 3. The highest BCUT2D eigenvalue weighted by molar-refractivity contribution is 6.00. The molecule has 39 heavy (non-hydrogen) atoms. The highest BCUT2D eigenvalue weighted by atomic mass is 16.5. The molecule has 0 unspecified atom stereocenters. The van der Waals surface area contributed by atoms with Gasteiger partial charge in [-0.1, -0.05) is 42.5 Å². The molecule has 3 rings (SSSR count). The second-order valence-corrected chi connectivity index (χ2v) is 11.0. The van der Waals surface area contributed by atoms with Crippen LogP contribution in [-0.2, 0) is 16.0 Å². The van der Waals surface area contributed by atoms with Crippen molar-refractivity contribution >= 4 is 23.2 Å². The summed E-state index contributed by atoms with van der Waals surface area (Å²) in [5.41, 5.74) is 3.50. The SMILES string of the molecule is C=C(C)COCC(C)(C)NC[C@H](O)[C@H](Cc1ccccc1)NC(=O)c1cc(NCC)cc(N2CCCC2=O)c1. The Morgan fingerprint density at radius 2 is 1.95 bits per heavy atom. The molecule has 0 saturated carbocycles. The van der Waals surface area contributed by atoms with Crippen molar-refractivity contribution in [2.45, 2.75) is 64.6 Å². The molecule has 1 saturated heterocycles. The van der Waals surface area contributed by atoms with E-state index in [0.717, 1.165) is 23.2 Å². The van der Waals surface area contributed by atoms with Crippen molar-refractivity contribution in [2.24, 2.45) is 0 Å². The van der Waals surface area contributed by atoms with Gasteiger partial charge in [0.2, 0.25) is 5.91 Å². The summed E-state index contributed by atoms with van der Waals surface area (Å²) in [6.07, 6.45) is 0.927. The van der Waals surface area contributed by atoms with Crippen LogP contribution in [0.25, 0.3) is 0 Å². The van der Waals surface area contributed by atoms with E-state index in [0.29, 0.717) is 50.4 Å². The Hall–Kier alpha value is -3.20. The zero-order valence-corrected chi connectivity index (χ0v) is 23.8. The third kappa shape index (κ3) is 9.49. The fraction of sp³-hybridized carbons (Fsp3) is 0.484. The molecule has 2 amide bonds. The number of rotatable bonds is 15. The van der Waals surface area contributed by atoms with Gasteiger partial charge >= 0.3 is 0 Å². The largest absolute Gasteiger partial charge is 0.390 e. The van der Waals surface area contributed by atoms with Gasteiger partial charge in [-0.25, -0.2) is 0 Å². The first-order valence-corrected chi connectivity index (χ1v) is 13.8. The minimum atomic E-state index is -0.855. The lowest BCUT2D eigenvalue weighted by Gasteiger charge is -2.31. The molecule has 8 heteroatoms. The summed E-state index contributed by atoms with van der Waals surface area (Å²) in [7, 11) is 0. The van der Waals surface area contributed by atoms with Crippen LogP contribution in [0.15, 0.2) is 60.7 Å². The monoisotopic (exact) mass is 536 g/mol. The number of hydrogen-bond acceptors (Lipinski definition) is 6. The molecule has 2 aromatic carbocycles. The quantitative estimate of drug-likeness (QED) is 0.258. The van der Waals surface area contributed by atoms with Crippen LogP contribution in [0.4, 0.5) is 11.4 Å². The topological polar surface area (TPSA) is 103 Å². The Kier molecular flexibility index (Phi) is 11.1. The van der Waals surface area contributed by atoms with Gasteiger partial charge in [0.1, 0.15) is 0 Å². The molecule has 2 atom stereocenters. The van der Waals surface area contributed by atoms with Crippen LogP contribution in [0.1, 0.15) is 56.5 Å². The second-order valence-electron chi connectivity index (χ2n) is 11.0. The fourth-order valence-corrected chi connectivity index (χ4v) is 4.58. The zero-order valence-electron chi connectivity index (χ0n) is 23.8. The third-order valence-electron chi connectivity index (χ3n) is 6.63. The van der Waals surface area contributed by atoms with E-state index in [1.807, 2.05) is 64.1 Å². The molecule has 0 spiro atoms. The fourth-order valence-electron chi connectivity index (χ4n) is 4.58. The second kappa shape index (κ2) is 14.3. The molecule has 4 N–H and O–H groups in total. The van der Waals surface area contributed by atoms with Crippen molar-refractivity contribution in [2.75, 3.05) is 43.1 Å². The van der Waals surface area contributed by atoms with Gasteiger partial charge in [-0.05, 0) is 64.3 Å². The van der Waals surface area contributed by atoms with Crippen LogP contribution >= 0.6 is 0 Å². The number of aliphatic hydroxyl groups is 1. The zero-order chi connectivity index (χ0) is 28.4. The molecule has 8 nitrogen and oxygen atoms in total. The summed E-state index contributed by atoms with van der Waals surface area (Å²) in [6.45, 7) is 14.3. The number of β-amino-alcohol motifs (C(OH)–C–C–N with tert-alkyl or cyclic N) is 1. The van der Waals surface area contributed by atoms with E-state index in [1.54, 1.807) is 17.0 Å². The average Bonchev–Trinajstić information content (AvgIpc) is 3.33. The van der Waals surface area contributed by atoms with E-state index in [4.69, 9.17) is 4.74 Å². The maximum absolute atomic E-state index is 13.6. The molecule has 212 valence electrons. The molecule has 1 aliphatic heterocycles. The van der Waals surface area contributed by atoms with Crippen molar-refractivity contribution in [1.29, 1.82) is 0 Å². The Morgan fingerprint density at radius 1 is 1.21 bits per heavy atom. The molecule has 0 aromatic heterocycles. The van der Waals surface area contributed by atoms with Crippen molar-refractivity contribution < 1.29 is 19.4 Å². The first-order valence-electron chi connectivity index (χ1n) is 13.8. The molecule has 1 aliphatic rings. The van der Waals surface area contributed by atoms with Crippen molar-refractivity contribution in [3.8, 4) is 0 Å². The molecule has 1 fully saturated rings. The van der Waals surface area contributed by atoms with Crippen LogP contribution < -0.4 is 20.9 Å². The Labute approximate surface area is 232 Å². The maximum atomic E-state index is 13.6. The van der Waals surface area contributed by atoms with Gasteiger partial charge in [0, 0.05) is 48.5 Å². The Bertz CT molecular complexity index is 1120. The molecular weight excluding hydrogens is 492 g/mol.